The second-order valence-corrected chi connectivity index (χ2v) is 4.72. The summed E-state index contributed by atoms with van der Waals surface area (Å²) < 4.78 is 5.58. The minimum absolute atomic E-state index is 0.139. The summed E-state index contributed by atoms with van der Waals surface area (Å²) in [6, 6.07) is 4.23. The fourth-order valence-corrected chi connectivity index (χ4v) is 1.79. The molecular formula is C13H15BrN2O4. The smallest absolute Gasteiger partial charge is 0.284 e. The Morgan fingerprint density at radius 3 is 2.90 bits per heavy atom. The normalized spacial score (nSPS) is 10.1. The molecule has 20 heavy (non-hydrogen) atoms. The number of nitro groups is 1. The zero-order valence-corrected chi connectivity index (χ0v) is 12.4. The van der Waals surface area contributed by atoms with Crippen LogP contribution in [-0.4, -0.2) is 30.6 Å². The molecule has 0 unspecified atom stereocenters. The second kappa shape index (κ2) is 8.44. The van der Waals surface area contributed by atoms with Crippen molar-refractivity contribution in [2.24, 2.45) is 0 Å². The summed E-state index contributed by atoms with van der Waals surface area (Å²) >= 11 is 3.07. The molecule has 1 N–H and O–H groups in total. The number of carbonyl (C=O) groups excluding carboxylic acids is 1. The molecule has 0 aliphatic heterocycles. The van der Waals surface area contributed by atoms with Gasteiger partial charge < -0.3 is 10.1 Å². The largest absolute Gasteiger partial charge is 0.379 e. The van der Waals surface area contributed by atoms with Gasteiger partial charge in [-0.25, -0.2) is 0 Å². The Hall–Kier alpha value is -1.73. The minimum Gasteiger partial charge on any atom is -0.379 e. The Kier molecular flexibility index (Phi) is 6.89. The lowest BCUT2D eigenvalue weighted by atomic mass is 10.2. The van der Waals surface area contributed by atoms with Crippen LogP contribution in [0.25, 0.3) is 0 Å². The topological polar surface area (TPSA) is 81.5 Å². The van der Waals surface area contributed by atoms with Gasteiger partial charge in [-0.3, -0.25) is 14.9 Å². The van der Waals surface area contributed by atoms with Gasteiger partial charge in [-0.2, -0.15) is 0 Å². The fraction of sp³-hybridized carbons (Fsp3) is 0.308. The molecule has 0 aromatic heterocycles. The number of ether oxygens (including phenoxy) is 1. The number of carbonyl (C=O) groups is 1. The summed E-state index contributed by atoms with van der Waals surface area (Å²) in [5.74, 6) is -0.368. The van der Waals surface area contributed by atoms with Crippen LogP contribution in [0, 0.1) is 10.1 Å². The monoisotopic (exact) mass is 342 g/mol. The Morgan fingerprint density at radius 1 is 1.50 bits per heavy atom. The molecule has 0 bridgehead atoms. The van der Waals surface area contributed by atoms with Crippen molar-refractivity contribution in [3.63, 3.8) is 0 Å². The van der Waals surface area contributed by atoms with E-state index in [-0.39, 0.29) is 17.2 Å². The highest BCUT2D eigenvalue weighted by Crippen LogP contribution is 2.25. The van der Waals surface area contributed by atoms with Crippen LogP contribution in [0.2, 0.25) is 0 Å². The van der Waals surface area contributed by atoms with E-state index in [0.717, 1.165) is 6.42 Å². The van der Waals surface area contributed by atoms with Crippen molar-refractivity contribution in [1.82, 2.24) is 5.32 Å². The van der Waals surface area contributed by atoms with Crippen LogP contribution in [0.15, 0.2) is 35.3 Å². The highest BCUT2D eigenvalue weighted by Gasteiger charge is 2.15. The number of nitrogens with zero attached hydrogens (tertiary/aromatic N) is 1. The summed E-state index contributed by atoms with van der Waals surface area (Å²) in [5, 5.41) is 13.4. The van der Waals surface area contributed by atoms with Crippen molar-refractivity contribution in [1.29, 1.82) is 0 Å². The molecule has 7 heteroatoms. The molecule has 0 aliphatic rings. The molecule has 6 nitrogen and oxygen atoms in total. The number of amides is 1. The third kappa shape index (κ3) is 5.10. The standard InChI is InChI=1S/C13H15BrN2O4/c1-2-3-7-20-8-6-15-13(17)10-4-5-11(14)12(9-10)16(18)19/h2,4-5,9H,1,3,6-8H2,(H,15,17). The van der Waals surface area contributed by atoms with Gasteiger partial charge in [0.05, 0.1) is 22.6 Å². The van der Waals surface area contributed by atoms with Crippen molar-refractivity contribution >= 4 is 27.5 Å². The van der Waals surface area contributed by atoms with Gasteiger partial charge in [-0.15, -0.1) is 6.58 Å². The van der Waals surface area contributed by atoms with Crippen LogP contribution in [0.3, 0.4) is 0 Å². The van der Waals surface area contributed by atoms with Crippen LogP contribution in [0.5, 0.6) is 0 Å². The molecule has 0 saturated heterocycles. The molecule has 1 aromatic rings. The first kappa shape index (κ1) is 16.3. The molecule has 0 atom stereocenters. The third-order valence-corrected chi connectivity index (χ3v) is 3.07. The predicted octanol–water partition coefficient (Wildman–Crippen LogP) is 2.68. The number of halogens is 1. The zero-order valence-electron chi connectivity index (χ0n) is 10.8. The van der Waals surface area contributed by atoms with Gasteiger partial charge in [-0.05, 0) is 34.5 Å². The molecule has 108 valence electrons. The Morgan fingerprint density at radius 2 is 2.25 bits per heavy atom. The highest BCUT2D eigenvalue weighted by atomic mass is 79.9. The lowest BCUT2D eigenvalue weighted by Gasteiger charge is -2.06. The maximum atomic E-state index is 11.8. The maximum absolute atomic E-state index is 11.8. The first-order chi connectivity index (χ1) is 9.56. The fourth-order valence-electron chi connectivity index (χ4n) is 1.40. The summed E-state index contributed by atoms with van der Waals surface area (Å²) in [7, 11) is 0. The first-order valence-electron chi connectivity index (χ1n) is 5.97. The Balaban J connectivity index is 2.49. The third-order valence-electron chi connectivity index (χ3n) is 2.40. The van der Waals surface area contributed by atoms with E-state index in [1.54, 1.807) is 6.08 Å². The van der Waals surface area contributed by atoms with Gasteiger partial charge >= 0.3 is 0 Å². The van der Waals surface area contributed by atoms with Gasteiger partial charge in [0.1, 0.15) is 0 Å². The lowest BCUT2D eigenvalue weighted by molar-refractivity contribution is -0.385. The zero-order chi connectivity index (χ0) is 15.0. The van der Waals surface area contributed by atoms with Crippen LogP contribution >= 0.6 is 15.9 Å². The highest BCUT2D eigenvalue weighted by molar-refractivity contribution is 9.10. The van der Waals surface area contributed by atoms with E-state index in [2.05, 4.69) is 27.8 Å². The SMILES string of the molecule is C=CCCOCCNC(=O)c1ccc(Br)c([N+](=O)[O-])c1. The Labute approximate surface area is 125 Å². The van der Waals surface area contributed by atoms with Gasteiger partial charge in [0, 0.05) is 18.2 Å². The molecule has 0 saturated carbocycles. The number of nitro benzene ring substituents is 1. The Bertz CT molecular complexity index is 505. The molecule has 0 aliphatic carbocycles. The van der Waals surface area contributed by atoms with E-state index in [1.165, 1.54) is 18.2 Å². The molecule has 0 heterocycles. The maximum Gasteiger partial charge on any atom is 0.284 e. The average molecular weight is 343 g/mol. The predicted molar refractivity (Wildman–Crippen MR) is 78.8 cm³/mol. The molecule has 0 radical (unpaired) electrons. The van der Waals surface area contributed by atoms with Crippen molar-refractivity contribution in [2.45, 2.75) is 6.42 Å². The van der Waals surface area contributed by atoms with Crippen molar-refractivity contribution in [3.05, 3.63) is 51.0 Å². The first-order valence-corrected chi connectivity index (χ1v) is 6.76. The molecular weight excluding hydrogens is 328 g/mol. The summed E-state index contributed by atoms with van der Waals surface area (Å²) in [6.07, 6.45) is 2.51. The number of rotatable bonds is 8. The summed E-state index contributed by atoms with van der Waals surface area (Å²) in [5.41, 5.74) is 0.103. The van der Waals surface area contributed by atoms with Crippen LogP contribution in [0.4, 0.5) is 5.69 Å². The summed E-state index contributed by atoms with van der Waals surface area (Å²) in [4.78, 5) is 22.0. The molecule has 1 aromatic carbocycles. The van der Waals surface area contributed by atoms with Crippen molar-refractivity contribution in [2.75, 3.05) is 19.8 Å². The van der Waals surface area contributed by atoms with Gasteiger partial charge in [0.25, 0.3) is 11.6 Å². The van der Waals surface area contributed by atoms with E-state index in [9.17, 15) is 14.9 Å². The second-order valence-electron chi connectivity index (χ2n) is 3.87. The van der Waals surface area contributed by atoms with E-state index in [0.29, 0.717) is 24.2 Å². The number of benzene rings is 1. The van der Waals surface area contributed by atoms with Crippen molar-refractivity contribution in [3.8, 4) is 0 Å². The van der Waals surface area contributed by atoms with E-state index < -0.39 is 4.92 Å². The molecule has 0 fully saturated rings. The summed E-state index contributed by atoms with van der Waals surface area (Å²) in [6.45, 7) is 4.86. The van der Waals surface area contributed by atoms with E-state index >= 15 is 0 Å². The van der Waals surface area contributed by atoms with Gasteiger partial charge in [0.15, 0.2) is 0 Å². The minimum atomic E-state index is -0.542. The van der Waals surface area contributed by atoms with E-state index in [1.807, 2.05) is 0 Å². The number of hydrogen-bond acceptors (Lipinski definition) is 4. The van der Waals surface area contributed by atoms with Crippen molar-refractivity contribution < 1.29 is 14.5 Å². The molecule has 1 rings (SSSR count). The lowest BCUT2D eigenvalue weighted by Crippen LogP contribution is -2.27. The van der Waals surface area contributed by atoms with E-state index in [4.69, 9.17) is 4.74 Å². The number of hydrogen-bond donors (Lipinski definition) is 1. The quantitative estimate of drug-likeness (QED) is 0.341. The average Bonchev–Trinajstić information content (AvgIpc) is 2.42. The van der Waals surface area contributed by atoms with Crippen LogP contribution in [-0.2, 0) is 4.74 Å². The molecule has 0 spiro atoms. The van der Waals surface area contributed by atoms with Crippen LogP contribution in [0.1, 0.15) is 16.8 Å². The van der Waals surface area contributed by atoms with Gasteiger partial charge in [-0.1, -0.05) is 6.08 Å². The van der Waals surface area contributed by atoms with Gasteiger partial charge in [0.2, 0.25) is 0 Å². The number of nitrogens with one attached hydrogen (secondary N) is 1. The van der Waals surface area contributed by atoms with Crippen LogP contribution < -0.4 is 5.32 Å². The molecule has 1 amide bonds.